The molecule has 4 aromatic rings. The Balaban J connectivity index is 1.42. The van der Waals surface area contributed by atoms with E-state index >= 15 is 0 Å². The van der Waals surface area contributed by atoms with Crippen LogP contribution in [-0.2, 0) is 0 Å². The van der Waals surface area contributed by atoms with Crippen molar-refractivity contribution in [2.75, 3.05) is 5.32 Å². The topological polar surface area (TPSA) is 70.7 Å². The van der Waals surface area contributed by atoms with Crippen LogP contribution in [0.25, 0.3) is 21.5 Å². The number of aromatic amines is 1. The lowest BCUT2D eigenvalue weighted by Gasteiger charge is -2.06. The number of amides is 1. The van der Waals surface area contributed by atoms with Crippen molar-refractivity contribution in [3.05, 3.63) is 64.5 Å². The van der Waals surface area contributed by atoms with Gasteiger partial charge in [-0.1, -0.05) is 18.2 Å². The molecule has 28 heavy (non-hydrogen) atoms. The molecule has 0 atom stereocenters. The van der Waals surface area contributed by atoms with Crippen LogP contribution in [0.4, 0.5) is 10.1 Å². The van der Waals surface area contributed by atoms with Crippen molar-refractivity contribution in [1.29, 1.82) is 0 Å². The number of halogens is 1. The SMILES string of the molecule is Cc1c(C(=O)Nc2cccc(-c3n[nH]c(C4CC4)n3)c2)sc2cccc(F)c12. The van der Waals surface area contributed by atoms with E-state index in [1.807, 2.05) is 30.3 Å². The molecule has 5 rings (SSSR count). The van der Waals surface area contributed by atoms with Crippen molar-refractivity contribution in [3.8, 4) is 11.4 Å². The molecule has 1 fully saturated rings. The van der Waals surface area contributed by atoms with E-state index in [0.717, 1.165) is 28.9 Å². The number of carbonyl (C=O) groups is 1. The van der Waals surface area contributed by atoms with Crippen molar-refractivity contribution in [3.63, 3.8) is 0 Å². The normalized spacial score (nSPS) is 13.8. The van der Waals surface area contributed by atoms with E-state index in [2.05, 4.69) is 20.5 Å². The molecule has 0 saturated heterocycles. The number of benzene rings is 2. The zero-order valence-corrected chi connectivity index (χ0v) is 15.9. The first-order chi connectivity index (χ1) is 13.6. The number of rotatable bonds is 4. The second-order valence-corrected chi connectivity index (χ2v) is 8.07. The van der Waals surface area contributed by atoms with Crippen molar-refractivity contribution >= 4 is 33.0 Å². The lowest BCUT2D eigenvalue weighted by Crippen LogP contribution is -2.11. The summed E-state index contributed by atoms with van der Waals surface area (Å²) >= 11 is 1.30. The Morgan fingerprint density at radius 3 is 2.86 bits per heavy atom. The summed E-state index contributed by atoms with van der Waals surface area (Å²) in [5.41, 5.74) is 2.15. The highest BCUT2D eigenvalue weighted by molar-refractivity contribution is 7.21. The van der Waals surface area contributed by atoms with Crippen molar-refractivity contribution in [2.24, 2.45) is 0 Å². The Morgan fingerprint density at radius 2 is 2.07 bits per heavy atom. The minimum absolute atomic E-state index is 0.246. The van der Waals surface area contributed by atoms with E-state index in [4.69, 9.17) is 0 Å². The van der Waals surface area contributed by atoms with Gasteiger partial charge in [0.1, 0.15) is 11.6 Å². The average molecular weight is 392 g/mol. The summed E-state index contributed by atoms with van der Waals surface area (Å²) in [4.78, 5) is 17.9. The number of nitrogens with zero attached hydrogens (tertiary/aromatic N) is 2. The summed E-state index contributed by atoms with van der Waals surface area (Å²) in [5, 5.41) is 10.7. The van der Waals surface area contributed by atoms with Crippen LogP contribution in [0.3, 0.4) is 0 Å². The van der Waals surface area contributed by atoms with Crippen LogP contribution >= 0.6 is 11.3 Å². The summed E-state index contributed by atoms with van der Waals surface area (Å²) in [5.74, 6) is 1.50. The Kier molecular flexibility index (Phi) is 3.98. The first-order valence-corrected chi connectivity index (χ1v) is 9.93. The second kappa shape index (κ2) is 6.53. The lowest BCUT2D eigenvalue weighted by molar-refractivity contribution is 0.103. The standard InChI is InChI=1S/C21H17FN4OS/c1-11-17-15(22)6-3-7-16(17)28-18(11)21(27)23-14-5-2-4-13(10-14)20-24-19(25-26-20)12-8-9-12/h2-7,10,12H,8-9H2,1H3,(H,23,27)(H,24,25,26). The van der Waals surface area contributed by atoms with Gasteiger partial charge in [-0.3, -0.25) is 9.89 Å². The number of H-pyrrole nitrogens is 1. The smallest absolute Gasteiger partial charge is 0.266 e. The maximum atomic E-state index is 14.1. The molecule has 0 bridgehead atoms. The monoisotopic (exact) mass is 392 g/mol. The molecule has 0 spiro atoms. The van der Waals surface area contributed by atoms with Gasteiger partial charge in [0, 0.05) is 27.3 Å². The Labute approximate surface area is 164 Å². The van der Waals surface area contributed by atoms with Gasteiger partial charge in [0.25, 0.3) is 5.91 Å². The fraction of sp³-hybridized carbons (Fsp3) is 0.190. The van der Waals surface area contributed by atoms with Crippen LogP contribution in [0.15, 0.2) is 42.5 Å². The van der Waals surface area contributed by atoms with Gasteiger partial charge in [-0.05, 0) is 49.6 Å². The number of fused-ring (bicyclic) bond motifs is 1. The molecule has 2 aromatic heterocycles. The third kappa shape index (κ3) is 2.97. The number of carbonyl (C=O) groups excluding carboxylic acids is 1. The van der Waals surface area contributed by atoms with Crippen molar-refractivity contribution in [2.45, 2.75) is 25.7 Å². The van der Waals surface area contributed by atoms with Crippen LogP contribution in [-0.4, -0.2) is 21.1 Å². The van der Waals surface area contributed by atoms with Crippen molar-refractivity contribution in [1.82, 2.24) is 15.2 Å². The maximum Gasteiger partial charge on any atom is 0.266 e. The highest BCUT2D eigenvalue weighted by Crippen LogP contribution is 2.38. The number of nitrogens with one attached hydrogen (secondary N) is 2. The molecule has 2 N–H and O–H groups in total. The number of thiophene rings is 1. The maximum absolute atomic E-state index is 14.1. The van der Waals surface area contributed by atoms with E-state index in [1.165, 1.54) is 17.4 Å². The van der Waals surface area contributed by atoms with E-state index < -0.39 is 0 Å². The summed E-state index contributed by atoms with van der Waals surface area (Å²) in [6, 6.07) is 12.3. The quantitative estimate of drug-likeness (QED) is 0.497. The third-order valence-electron chi connectivity index (χ3n) is 4.95. The molecule has 0 aliphatic heterocycles. The van der Waals surface area contributed by atoms with Gasteiger partial charge in [0.05, 0.1) is 4.88 Å². The van der Waals surface area contributed by atoms with Gasteiger partial charge in [0.2, 0.25) is 0 Å². The lowest BCUT2D eigenvalue weighted by atomic mass is 10.1. The van der Waals surface area contributed by atoms with E-state index in [0.29, 0.717) is 33.3 Å². The van der Waals surface area contributed by atoms with Gasteiger partial charge in [-0.2, -0.15) is 5.10 Å². The Morgan fingerprint density at radius 1 is 1.25 bits per heavy atom. The van der Waals surface area contributed by atoms with Crippen LogP contribution < -0.4 is 5.32 Å². The van der Waals surface area contributed by atoms with Gasteiger partial charge in [0.15, 0.2) is 5.82 Å². The highest BCUT2D eigenvalue weighted by atomic mass is 32.1. The minimum Gasteiger partial charge on any atom is -0.321 e. The minimum atomic E-state index is -0.302. The molecule has 1 aliphatic rings. The number of anilines is 1. The van der Waals surface area contributed by atoms with Gasteiger partial charge in [-0.15, -0.1) is 11.3 Å². The first kappa shape index (κ1) is 17.1. The first-order valence-electron chi connectivity index (χ1n) is 9.12. The molecule has 140 valence electrons. The van der Waals surface area contributed by atoms with E-state index in [9.17, 15) is 9.18 Å². The predicted octanol–water partition coefficient (Wildman–Crippen LogP) is 5.26. The fourth-order valence-corrected chi connectivity index (χ4v) is 4.45. The zero-order valence-electron chi connectivity index (χ0n) is 15.1. The number of aryl methyl sites for hydroxylation is 1. The molecule has 1 saturated carbocycles. The molecule has 5 nitrogen and oxygen atoms in total. The number of aromatic nitrogens is 3. The number of hydrogen-bond donors (Lipinski definition) is 2. The highest BCUT2D eigenvalue weighted by Gasteiger charge is 2.27. The summed E-state index contributed by atoms with van der Waals surface area (Å²) in [6.07, 6.45) is 2.31. The Bertz CT molecular complexity index is 1210. The summed E-state index contributed by atoms with van der Waals surface area (Å²) < 4.78 is 14.9. The largest absolute Gasteiger partial charge is 0.321 e. The molecule has 2 heterocycles. The molecule has 0 unspecified atom stereocenters. The van der Waals surface area contributed by atoms with Crippen LogP contribution in [0, 0.1) is 12.7 Å². The molecule has 2 aromatic carbocycles. The van der Waals surface area contributed by atoms with Crippen LogP contribution in [0.5, 0.6) is 0 Å². The molecule has 1 amide bonds. The average Bonchev–Trinajstić information content (AvgIpc) is 3.31. The van der Waals surface area contributed by atoms with Crippen LogP contribution in [0.2, 0.25) is 0 Å². The second-order valence-electron chi connectivity index (χ2n) is 7.02. The van der Waals surface area contributed by atoms with Gasteiger partial charge in [-0.25, -0.2) is 9.37 Å². The molecule has 7 heteroatoms. The Hall–Kier alpha value is -3.06. The van der Waals surface area contributed by atoms with Gasteiger partial charge < -0.3 is 5.32 Å². The van der Waals surface area contributed by atoms with Crippen molar-refractivity contribution < 1.29 is 9.18 Å². The van der Waals surface area contributed by atoms with Gasteiger partial charge >= 0.3 is 0 Å². The summed E-state index contributed by atoms with van der Waals surface area (Å²) in [6.45, 7) is 1.78. The van der Waals surface area contributed by atoms with E-state index in [1.54, 1.807) is 13.0 Å². The fourth-order valence-electron chi connectivity index (χ4n) is 3.34. The molecule has 0 radical (unpaired) electrons. The van der Waals surface area contributed by atoms with E-state index in [-0.39, 0.29) is 11.7 Å². The zero-order chi connectivity index (χ0) is 19.3. The predicted molar refractivity (Wildman–Crippen MR) is 108 cm³/mol. The molecular weight excluding hydrogens is 375 g/mol. The number of hydrogen-bond acceptors (Lipinski definition) is 4. The summed E-state index contributed by atoms with van der Waals surface area (Å²) in [7, 11) is 0. The third-order valence-corrected chi connectivity index (χ3v) is 6.21. The molecular formula is C21H17FN4OS. The van der Waals surface area contributed by atoms with Crippen LogP contribution in [0.1, 0.15) is 39.8 Å². The molecule has 1 aliphatic carbocycles.